The Morgan fingerprint density at radius 3 is 2.08 bits per heavy atom. The molecule has 2 N–H and O–H groups in total. The van der Waals surface area contributed by atoms with Crippen LogP contribution in [0.15, 0.2) is 42.5 Å². The molecule has 3 nitrogen and oxygen atoms in total. The van der Waals surface area contributed by atoms with Crippen molar-refractivity contribution in [2.45, 2.75) is 78.7 Å². The maximum Gasteiger partial charge on any atom is 0.416 e. The van der Waals surface area contributed by atoms with Gasteiger partial charge in [0.05, 0.1) is 16.1 Å². The Morgan fingerprint density at radius 2 is 1.67 bits per heavy atom. The summed E-state index contributed by atoms with van der Waals surface area (Å²) in [4.78, 5) is 2.03. The Balaban J connectivity index is 0. The van der Waals surface area contributed by atoms with Gasteiger partial charge in [0.25, 0.3) is 5.66 Å². The lowest BCUT2D eigenvalue weighted by Crippen LogP contribution is -2.29. The number of aryl methyl sites for hydroxylation is 2. The predicted octanol–water partition coefficient (Wildman–Crippen LogP) is 9.15. The smallest absolute Gasteiger partial charge is 0.326 e. The molecule has 10 heteroatoms. The molecule has 1 fully saturated rings. The third-order valence-electron chi connectivity index (χ3n) is 5.37. The fourth-order valence-electron chi connectivity index (χ4n) is 3.31. The molecule has 0 aromatic heterocycles. The highest BCUT2D eigenvalue weighted by atomic mass is 35.5. The lowest BCUT2D eigenvalue weighted by Gasteiger charge is -2.19. The molecule has 0 amide bonds. The summed E-state index contributed by atoms with van der Waals surface area (Å²) in [6.07, 6.45) is -2.88. The summed E-state index contributed by atoms with van der Waals surface area (Å²) in [6.45, 7) is 15.3. The fourth-order valence-corrected chi connectivity index (χ4v) is 3.94. The summed E-state index contributed by atoms with van der Waals surface area (Å²) >= 11 is 5.71. The second-order valence-corrected chi connectivity index (χ2v) is 9.80. The van der Waals surface area contributed by atoms with E-state index in [9.17, 15) is 22.0 Å². The van der Waals surface area contributed by atoms with Crippen LogP contribution in [0, 0.1) is 18.3 Å². The Labute approximate surface area is 238 Å². The lowest BCUT2D eigenvalue weighted by molar-refractivity contribution is -0.138. The summed E-state index contributed by atoms with van der Waals surface area (Å²) in [5.74, 6) is 0. The zero-order valence-electron chi connectivity index (χ0n) is 24.1. The minimum absolute atomic E-state index is 0.0192. The molecule has 0 spiro atoms. The zero-order valence-corrected chi connectivity index (χ0v) is 25.9. The van der Waals surface area contributed by atoms with E-state index in [0.29, 0.717) is 29.1 Å². The van der Waals surface area contributed by atoms with E-state index in [-0.39, 0.29) is 21.0 Å². The van der Waals surface area contributed by atoms with Gasteiger partial charge >= 0.3 is 6.18 Å². The number of rotatable bonds is 5. The summed E-state index contributed by atoms with van der Waals surface area (Å²) in [5, 5.41) is 9.00. The van der Waals surface area contributed by atoms with Crippen molar-refractivity contribution < 1.29 is 22.0 Å². The van der Waals surface area contributed by atoms with Gasteiger partial charge < -0.3 is 10.6 Å². The molecule has 2 aromatic rings. The number of likely N-dealkylation sites (tertiary alicyclic amines) is 1. The molecule has 0 bridgehead atoms. The van der Waals surface area contributed by atoms with Crippen LogP contribution in [0.1, 0.15) is 69.7 Å². The van der Waals surface area contributed by atoms with Gasteiger partial charge in [0.1, 0.15) is 6.07 Å². The van der Waals surface area contributed by atoms with Gasteiger partial charge in [0.2, 0.25) is 0 Å². The van der Waals surface area contributed by atoms with E-state index in [4.69, 9.17) is 22.6 Å². The molecule has 0 radical (unpaired) electrons. The molecule has 0 saturated carbocycles. The largest absolute Gasteiger partial charge is 0.416 e. The van der Waals surface area contributed by atoms with E-state index in [1.54, 1.807) is 31.8 Å². The van der Waals surface area contributed by atoms with Crippen molar-refractivity contribution in [3.63, 3.8) is 0 Å². The average molecular weight is 596 g/mol. The van der Waals surface area contributed by atoms with Crippen molar-refractivity contribution in [1.29, 1.82) is 5.26 Å². The molecule has 3 rings (SSSR count). The van der Waals surface area contributed by atoms with Crippen LogP contribution in [0.3, 0.4) is 0 Å². The van der Waals surface area contributed by atoms with Crippen molar-refractivity contribution in [3.05, 3.63) is 69.7 Å². The Bertz CT molecular complexity index is 965. The third-order valence-corrected chi connectivity index (χ3v) is 6.66. The van der Waals surface area contributed by atoms with Crippen LogP contribution in [0.2, 0.25) is 5.02 Å². The molecule has 1 aliphatic heterocycles. The van der Waals surface area contributed by atoms with Crippen LogP contribution < -0.4 is 5.73 Å². The number of halogens is 6. The highest BCUT2D eigenvalue weighted by Gasteiger charge is 2.32. The molecule has 1 saturated heterocycles. The second kappa shape index (κ2) is 21.0. The monoisotopic (exact) mass is 595 g/mol. The first-order valence-electron chi connectivity index (χ1n) is 13.2. The van der Waals surface area contributed by atoms with Crippen LogP contribution >= 0.6 is 20.2 Å². The van der Waals surface area contributed by atoms with Crippen molar-refractivity contribution in [1.82, 2.24) is 4.90 Å². The summed E-state index contributed by atoms with van der Waals surface area (Å²) in [6, 6.07) is 13.2. The first kappa shape index (κ1) is 39.4. The van der Waals surface area contributed by atoms with Crippen molar-refractivity contribution in [2.75, 3.05) is 26.3 Å². The first-order chi connectivity index (χ1) is 18.3. The molecular formula is C29H44ClF5N3P. The quantitative estimate of drug-likeness (QED) is 0.277. The van der Waals surface area contributed by atoms with Crippen LogP contribution in [-0.2, 0) is 12.6 Å². The van der Waals surface area contributed by atoms with Gasteiger partial charge in [-0.15, -0.1) is 0 Å². The zero-order chi connectivity index (χ0) is 30.6. The molecule has 1 aliphatic rings. The molecule has 1 heterocycles. The van der Waals surface area contributed by atoms with E-state index < -0.39 is 17.4 Å². The van der Waals surface area contributed by atoms with Crippen molar-refractivity contribution in [3.8, 4) is 6.07 Å². The van der Waals surface area contributed by atoms with Gasteiger partial charge in [-0.3, -0.25) is 0 Å². The van der Waals surface area contributed by atoms with Crippen LogP contribution in [-0.4, -0.2) is 42.9 Å². The van der Waals surface area contributed by atoms with Gasteiger partial charge in [-0.2, -0.15) is 18.4 Å². The maximum absolute atomic E-state index is 12.9. The lowest BCUT2D eigenvalue weighted by atomic mass is 10.1. The van der Waals surface area contributed by atoms with Crippen molar-refractivity contribution in [2.24, 2.45) is 5.73 Å². The van der Waals surface area contributed by atoms with E-state index in [2.05, 4.69) is 0 Å². The first-order valence-corrected chi connectivity index (χ1v) is 15.1. The Morgan fingerprint density at radius 1 is 1.08 bits per heavy atom. The standard InChI is InChI=1S/C9H9F3.C8H6ClN.C8H17F2N2P.2C2H6/c1-2-7-5-3-4-6-8(7)9(10,11)12;1-6-2-3-7(5-10)8(9)4-6;1-13-8(9,10)3-5-12-4-2-7(11)6-12;2*1-2/h3-6H,2H2,1H3;2-4H,1H3;7,13H,2-6,11H2,1H3;2*1-2H3. The average Bonchev–Trinajstić information content (AvgIpc) is 3.35. The normalized spacial score (nSPS) is 14.9. The fraction of sp³-hybridized carbons (Fsp3) is 0.552. The van der Waals surface area contributed by atoms with Gasteiger partial charge in [-0.25, -0.2) is 8.78 Å². The number of nitriles is 1. The second-order valence-electron chi connectivity index (χ2n) is 8.16. The van der Waals surface area contributed by atoms with Crippen molar-refractivity contribution >= 4 is 20.2 Å². The minimum atomic E-state index is -4.22. The van der Waals surface area contributed by atoms with Crippen LogP contribution in [0.4, 0.5) is 22.0 Å². The highest BCUT2D eigenvalue weighted by Crippen LogP contribution is 2.35. The summed E-state index contributed by atoms with van der Waals surface area (Å²) in [5.41, 5.74) is 4.64. The van der Waals surface area contributed by atoms with Crippen LogP contribution in [0.5, 0.6) is 0 Å². The maximum atomic E-state index is 12.9. The molecule has 2 aromatic carbocycles. The number of hydrogen-bond donors (Lipinski definition) is 1. The minimum Gasteiger partial charge on any atom is -0.326 e. The summed E-state index contributed by atoms with van der Waals surface area (Å²) in [7, 11) is -0.290. The third kappa shape index (κ3) is 16.8. The molecule has 0 aliphatic carbocycles. The number of nitrogens with zero attached hydrogens (tertiary/aromatic N) is 2. The van der Waals surface area contributed by atoms with Gasteiger partial charge in [0.15, 0.2) is 0 Å². The van der Waals surface area contributed by atoms with Gasteiger partial charge in [-0.05, 0) is 62.3 Å². The molecule has 2 atom stereocenters. The number of hydrogen-bond acceptors (Lipinski definition) is 3. The number of alkyl halides is 5. The van der Waals surface area contributed by atoms with Gasteiger partial charge in [0, 0.05) is 25.6 Å². The van der Waals surface area contributed by atoms with E-state index in [1.807, 2.05) is 51.7 Å². The molecule has 39 heavy (non-hydrogen) atoms. The predicted molar refractivity (Wildman–Crippen MR) is 157 cm³/mol. The SMILES string of the molecule is CC.CC.CCc1ccccc1C(F)(F)F.CPC(F)(F)CCN1CCC(N)C1.Cc1ccc(C#N)c(Cl)c1. The topological polar surface area (TPSA) is 53.0 Å². The number of benzene rings is 2. The molecule has 222 valence electrons. The van der Waals surface area contributed by atoms with Crippen LogP contribution in [0.25, 0.3) is 0 Å². The van der Waals surface area contributed by atoms with E-state index >= 15 is 0 Å². The van der Waals surface area contributed by atoms with E-state index in [0.717, 1.165) is 31.1 Å². The summed E-state index contributed by atoms with van der Waals surface area (Å²) < 4.78 is 62.4. The molecule has 2 unspecified atom stereocenters. The highest BCUT2D eigenvalue weighted by molar-refractivity contribution is 7.38. The van der Waals surface area contributed by atoms with E-state index in [1.165, 1.54) is 12.1 Å². The Hall–Kier alpha value is -1.78. The van der Waals surface area contributed by atoms with Gasteiger partial charge in [-0.1, -0.05) is 79.1 Å². The molecular weight excluding hydrogens is 552 g/mol. The Kier molecular flexibility index (Phi) is 21.2. The number of nitrogens with two attached hydrogens (primary N) is 1.